The maximum Gasteiger partial charge on any atom is 0.273 e. The molecule has 0 bridgehead atoms. The van der Waals surface area contributed by atoms with Crippen LogP contribution in [0.3, 0.4) is 0 Å². The minimum Gasteiger partial charge on any atom is -0.497 e. The van der Waals surface area contributed by atoms with Gasteiger partial charge in [-0.3, -0.25) is 9.36 Å². The lowest BCUT2D eigenvalue weighted by atomic mass is 10.1. The van der Waals surface area contributed by atoms with Gasteiger partial charge < -0.3 is 9.30 Å². The Kier molecular flexibility index (Phi) is 6.46. The minimum atomic E-state index is -0.255. The van der Waals surface area contributed by atoms with Crippen LogP contribution in [0.2, 0.25) is 0 Å². The van der Waals surface area contributed by atoms with Gasteiger partial charge in [-0.15, -0.1) is 11.3 Å². The van der Waals surface area contributed by atoms with Gasteiger partial charge in [0.15, 0.2) is 5.57 Å². The second-order valence-electron chi connectivity index (χ2n) is 8.30. The molecule has 0 spiro atoms. The van der Waals surface area contributed by atoms with E-state index in [1.807, 2.05) is 94.4 Å². The Morgan fingerprint density at radius 2 is 1.66 bits per heavy atom. The third-order valence-corrected chi connectivity index (χ3v) is 7.03. The van der Waals surface area contributed by atoms with Gasteiger partial charge in [-0.1, -0.05) is 17.7 Å². The summed E-state index contributed by atoms with van der Waals surface area (Å²) in [6.45, 7) is 7.91. The number of ether oxygens (including phenoxy) is 1. The largest absolute Gasteiger partial charge is 0.497 e. The lowest BCUT2D eigenvalue weighted by Gasteiger charge is -2.10. The molecular weight excluding hydrogens is 456 g/mol. The number of aromatic nitrogens is 2. The molecular formula is C28H24N4O2S. The molecule has 0 N–H and O–H groups in total. The first kappa shape index (κ1) is 23.8. The second kappa shape index (κ2) is 9.50. The van der Waals surface area contributed by atoms with Gasteiger partial charge in [-0.25, -0.2) is 0 Å². The highest BCUT2D eigenvalue weighted by Crippen LogP contribution is 2.23. The summed E-state index contributed by atoms with van der Waals surface area (Å²) in [5, 5.41) is 19.1. The van der Waals surface area contributed by atoms with Crippen molar-refractivity contribution in [1.29, 1.82) is 10.5 Å². The molecule has 0 saturated carbocycles. The fraction of sp³-hybridized carbons (Fsp3) is 0.179. The lowest BCUT2D eigenvalue weighted by Crippen LogP contribution is -2.31. The minimum absolute atomic E-state index is 0.0876. The van der Waals surface area contributed by atoms with E-state index in [1.54, 1.807) is 7.11 Å². The van der Waals surface area contributed by atoms with Crippen molar-refractivity contribution in [2.24, 2.45) is 0 Å². The van der Waals surface area contributed by atoms with Gasteiger partial charge in [0.1, 0.15) is 22.6 Å². The highest BCUT2D eigenvalue weighted by atomic mass is 32.1. The second-order valence-corrected chi connectivity index (χ2v) is 9.34. The number of thiazole rings is 1. The van der Waals surface area contributed by atoms with E-state index in [-0.39, 0.29) is 11.1 Å². The van der Waals surface area contributed by atoms with Crippen molar-refractivity contribution in [2.75, 3.05) is 7.11 Å². The van der Waals surface area contributed by atoms with Gasteiger partial charge in [-0.2, -0.15) is 10.5 Å². The Hall–Kier alpha value is -4.33. The molecule has 4 aromatic rings. The van der Waals surface area contributed by atoms with E-state index in [1.165, 1.54) is 4.57 Å². The van der Waals surface area contributed by atoms with Gasteiger partial charge in [0.2, 0.25) is 0 Å². The van der Waals surface area contributed by atoms with Gasteiger partial charge in [0.05, 0.1) is 17.3 Å². The smallest absolute Gasteiger partial charge is 0.273 e. The molecule has 0 saturated heterocycles. The van der Waals surface area contributed by atoms with Crippen LogP contribution in [0, 0.1) is 50.4 Å². The van der Waals surface area contributed by atoms with Crippen LogP contribution in [0.25, 0.3) is 23.0 Å². The molecule has 2 aromatic carbocycles. The monoisotopic (exact) mass is 480 g/mol. The average Bonchev–Trinajstić information content (AvgIpc) is 3.30. The number of rotatable bonds is 4. The fourth-order valence-corrected chi connectivity index (χ4v) is 5.29. The van der Waals surface area contributed by atoms with Crippen LogP contribution in [0.5, 0.6) is 5.75 Å². The van der Waals surface area contributed by atoms with E-state index >= 15 is 0 Å². The normalized spacial score (nSPS) is 11.2. The number of hydrogen-bond acceptors (Lipinski definition) is 5. The molecule has 0 radical (unpaired) electrons. The predicted molar refractivity (Wildman–Crippen MR) is 139 cm³/mol. The van der Waals surface area contributed by atoms with Crippen LogP contribution in [0.4, 0.5) is 0 Å². The van der Waals surface area contributed by atoms with Gasteiger partial charge in [-0.05, 0) is 81.3 Å². The van der Waals surface area contributed by atoms with E-state index in [9.17, 15) is 15.3 Å². The zero-order chi connectivity index (χ0) is 25.3. The van der Waals surface area contributed by atoms with E-state index in [2.05, 4.69) is 4.57 Å². The van der Waals surface area contributed by atoms with Gasteiger partial charge >= 0.3 is 0 Å². The Labute approximate surface area is 207 Å². The molecule has 0 aliphatic heterocycles. The summed E-state index contributed by atoms with van der Waals surface area (Å²) in [5.74, 6) is 0.781. The van der Waals surface area contributed by atoms with E-state index in [0.717, 1.165) is 50.9 Å². The molecule has 174 valence electrons. The summed E-state index contributed by atoms with van der Waals surface area (Å²) in [6, 6.07) is 19.5. The number of hydrogen-bond donors (Lipinski definition) is 0. The topological polar surface area (TPSA) is 83.7 Å². The van der Waals surface area contributed by atoms with E-state index in [0.29, 0.717) is 14.9 Å². The average molecular weight is 481 g/mol. The van der Waals surface area contributed by atoms with Gasteiger partial charge in [0.25, 0.3) is 5.56 Å². The summed E-state index contributed by atoms with van der Waals surface area (Å²) in [6.07, 6.45) is 1.84. The number of aryl methyl sites for hydroxylation is 3. The molecule has 35 heavy (non-hydrogen) atoms. The summed E-state index contributed by atoms with van der Waals surface area (Å²) in [4.78, 5) is 13.6. The van der Waals surface area contributed by atoms with Crippen molar-refractivity contribution < 1.29 is 4.74 Å². The quantitative estimate of drug-likeness (QED) is 0.443. The predicted octanol–water partition coefficient (Wildman–Crippen LogP) is 3.96. The summed E-state index contributed by atoms with van der Waals surface area (Å²) in [7, 11) is 1.63. The number of benzene rings is 2. The molecule has 0 amide bonds. The third kappa shape index (κ3) is 4.30. The Morgan fingerprint density at radius 3 is 2.26 bits per heavy atom. The van der Waals surface area contributed by atoms with Crippen molar-refractivity contribution >= 4 is 23.0 Å². The summed E-state index contributed by atoms with van der Waals surface area (Å²) < 4.78 is 9.66. The maximum absolute atomic E-state index is 13.6. The van der Waals surface area contributed by atoms with Crippen molar-refractivity contribution in [3.05, 3.63) is 96.2 Å². The first-order valence-corrected chi connectivity index (χ1v) is 11.8. The van der Waals surface area contributed by atoms with Crippen molar-refractivity contribution in [1.82, 2.24) is 9.13 Å². The first-order valence-electron chi connectivity index (χ1n) is 11.0. The van der Waals surface area contributed by atoms with Crippen molar-refractivity contribution in [2.45, 2.75) is 27.7 Å². The third-order valence-electron chi connectivity index (χ3n) is 5.94. The zero-order valence-electron chi connectivity index (χ0n) is 20.2. The molecule has 6 nitrogen and oxygen atoms in total. The van der Waals surface area contributed by atoms with E-state index < -0.39 is 0 Å². The van der Waals surface area contributed by atoms with E-state index in [4.69, 9.17) is 4.74 Å². The molecule has 0 aliphatic rings. The number of nitriles is 2. The highest BCUT2D eigenvalue weighted by molar-refractivity contribution is 7.07. The number of methoxy groups -OCH3 is 1. The Morgan fingerprint density at radius 1 is 0.971 bits per heavy atom. The van der Waals surface area contributed by atoms with Gasteiger partial charge in [0, 0.05) is 17.1 Å². The molecule has 0 fully saturated rings. The summed E-state index contributed by atoms with van der Waals surface area (Å²) >= 11 is 1.16. The molecule has 0 aliphatic carbocycles. The maximum atomic E-state index is 13.6. The first-order chi connectivity index (χ1) is 16.8. The van der Waals surface area contributed by atoms with Crippen LogP contribution >= 0.6 is 11.3 Å². The lowest BCUT2D eigenvalue weighted by molar-refractivity contribution is 0.414. The Bertz CT molecular complexity index is 1690. The molecule has 7 heteroatoms. The molecule has 2 heterocycles. The van der Waals surface area contributed by atoms with Crippen molar-refractivity contribution in [3.8, 4) is 29.3 Å². The molecule has 2 aromatic heterocycles. The standard InChI is InChI=1S/C28H24N4O2S/c1-17-6-11-25(18(2)12-17)32-27(33)26(35-28(32)22(15-29)16-30)14-21-13-19(3)31(20(21)4)23-7-9-24(34-5)10-8-23/h6-14H,1-5H3/b26-14-. The van der Waals surface area contributed by atoms with Crippen LogP contribution in [0.15, 0.2) is 53.3 Å². The molecule has 0 unspecified atom stereocenters. The van der Waals surface area contributed by atoms with Crippen LogP contribution in [0.1, 0.15) is 28.1 Å². The molecule has 4 rings (SSSR count). The zero-order valence-corrected chi connectivity index (χ0v) is 21.0. The Balaban J connectivity index is 1.97. The van der Waals surface area contributed by atoms with Crippen LogP contribution in [-0.4, -0.2) is 16.2 Å². The SMILES string of the molecule is COc1ccc(-n2c(C)cc(/C=c3\sc(=C(C#N)C#N)n(-c4ccc(C)cc4C)c3=O)c2C)cc1. The number of nitrogens with zero attached hydrogens (tertiary/aromatic N) is 4. The molecule has 0 atom stereocenters. The van der Waals surface area contributed by atoms with Crippen LogP contribution < -0.4 is 19.5 Å². The highest BCUT2D eigenvalue weighted by Gasteiger charge is 2.15. The van der Waals surface area contributed by atoms with Crippen LogP contribution in [-0.2, 0) is 0 Å². The fourth-order valence-electron chi connectivity index (χ4n) is 4.25. The summed E-state index contributed by atoms with van der Waals surface area (Å²) in [5.41, 5.74) is 6.17. The van der Waals surface area contributed by atoms with Crippen molar-refractivity contribution in [3.63, 3.8) is 0 Å².